The summed E-state index contributed by atoms with van der Waals surface area (Å²) in [4.78, 5) is 30.5. The van der Waals surface area contributed by atoms with Crippen LogP contribution in [0.15, 0.2) is 35.5 Å². The van der Waals surface area contributed by atoms with Crippen molar-refractivity contribution in [3.63, 3.8) is 0 Å². The molecule has 2 saturated heterocycles. The Bertz CT molecular complexity index is 1100. The normalized spacial score (nSPS) is 21.4. The molecule has 0 radical (unpaired) electrons. The Balaban J connectivity index is 1.67. The summed E-state index contributed by atoms with van der Waals surface area (Å²) in [6, 6.07) is 4.30. The summed E-state index contributed by atoms with van der Waals surface area (Å²) in [6.45, 7) is 5.97. The second kappa shape index (κ2) is 7.85. The number of ether oxygens (including phenoxy) is 1. The van der Waals surface area contributed by atoms with E-state index >= 15 is 0 Å². The van der Waals surface area contributed by atoms with E-state index in [1.165, 1.54) is 0 Å². The average molecular weight is 409 g/mol. The Hall–Kier alpha value is -2.71. The molecule has 2 aliphatic heterocycles. The van der Waals surface area contributed by atoms with Crippen molar-refractivity contribution in [2.45, 2.75) is 31.8 Å². The Morgan fingerprint density at radius 3 is 2.83 bits per heavy atom. The molecule has 8 heteroatoms. The van der Waals surface area contributed by atoms with E-state index in [-0.39, 0.29) is 17.6 Å². The fraction of sp³-hybridized carbons (Fsp3) is 0.500. The van der Waals surface area contributed by atoms with Crippen LogP contribution in [0.1, 0.15) is 25.8 Å². The number of aromatic nitrogens is 4. The van der Waals surface area contributed by atoms with Gasteiger partial charge in [-0.25, -0.2) is 9.97 Å². The van der Waals surface area contributed by atoms with Gasteiger partial charge in [0.05, 0.1) is 24.9 Å². The molecule has 8 nitrogen and oxygen atoms in total. The van der Waals surface area contributed by atoms with Crippen LogP contribution in [0.3, 0.4) is 0 Å². The summed E-state index contributed by atoms with van der Waals surface area (Å²) in [5, 5.41) is 1.01. The van der Waals surface area contributed by atoms with Crippen LogP contribution in [0, 0.1) is 0 Å². The van der Waals surface area contributed by atoms with Gasteiger partial charge in [-0.05, 0) is 52.0 Å². The van der Waals surface area contributed by atoms with E-state index in [0.29, 0.717) is 25.6 Å². The number of nitrogens with one attached hydrogen (secondary N) is 1. The molecule has 3 aromatic heterocycles. The van der Waals surface area contributed by atoms with Crippen molar-refractivity contribution in [3.05, 3.63) is 41.1 Å². The molecule has 1 atom stereocenters. The predicted molar refractivity (Wildman–Crippen MR) is 117 cm³/mol. The topological polar surface area (TPSA) is 79.3 Å². The van der Waals surface area contributed by atoms with E-state index in [4.69, 9.17) is 9.72 Å². The van der Waals surface area contributed by atoms with Gasteiger partial charge in [0, 0.05) is 42.1 Å². The van der Waals surface area contributed by atoms with Gasteiger partial charge in [-0.2, -0.15) is 0 Å². The third kappa shape index (κ3) is 3.40. The van der Waals surface area contributed by atoms with Crippen molar-refractivity contribution >= 4 is 16.9 Å². The van der Waals surface area contributed by atoms with Gasteiger partial charge in [-0.15, -0.1) is 0 Å². The first-order chi connectivity index (χ1) is 14.6. The number of pyridine rings is 1. The molecule has 0 amide bonds. The molecule has 3 aromatic rings. The minimum absolute atomic E-state index is 0.00132. The Labute approximate surface area is 175 Å². The van der Waals surface area contributed by atoms with Crippen molar-refractivity contribution in [3.8, 4) is 11.3 Å². The number of aromatic amines is 1. The quantitative estimate of drug-likeness (QED) is 0.716. The van der Waals surface area contributed by atoms with Crippen molar-refractivity contribution < 1.29 is 4.74 Å². The zero-order chi connectivity index (χ0) is 20.7. The van der Waals surface area contributed by atoms with Gasteiger partial charge in [0.1, 0.15) is 5.65 Å². The van der Waals surface area contributed by atoms with E-state index in [9.17, 15) is 4.79 Å². The lowest BCUT2D eigenvalue weighted by molar-refractivity contribution is 0.0982. The molecule has 0 aromatic carbocycles. The number of nitrogens with zero attached hydrogens (tertiary/aromatic N) is 5. The number of rotatable bonds is 3. The van der Waals surface area contributed by atoms with Gasteiger partial charge in [-0.1, -0.05) is 0 Å². The number of hydrogen-bond acceptors (Lipinski definition) is 6. The van der Waals surface area contributed by atoms with Crippen molar-refractivity contribution in [2.24, 2.45) is 0 Å². The molecule has 1 N–H and O–H groups in total. The van der Waals surface area contributed by atoms with Crippen LogP contribution in [-0.2, 0) is 4.74 Å². The van der Waals surface area contributed by atoms with Gasteiger partial charge >= 0.3 is 0 Å². The highest BCUT2D eigenvalue weighted by molar-refractivity contribution is 5.91. The number of hydrogen-bond donors (Lipinski definition) is 1. The van der Waals surface area contributed by atoms with Crippen LogP contribution in [0.2, 0.25) is 0 Å². The highest BCUT2D eigenvalue weighted by atomic mass is 16.5. The third-order valence-electron chi connectivity index (χ3n) is 6.37. The summed E-state index contributed by atoms with van der Waals surface area (Å²) in [6.07, 6.45) is 7.56. The number of fused-ring (bicyclic) bond motifs is 1. The molecule has 5 heterocycles. The van der Waals surface area contributed by atoms with Crippen LogP contribution in [-0.4, -0.2) is 70.4 Å². The Morgan fingerprint density at radius 1 is 1.20 bits per heavy atom. The number of anilines is 1. The average Bonchev–Trinajstić information content (AvgIpc) is 3.24. The number of piperidine rings is 1. The van der Waals surface area contributed by atoms with E-state index in [1.54, 1.807) is 6.20 Å². The van der Waals surface area contributed by atoms with Crippen LogP contribution in [0.4, 0.5) is 5.82 Å². The van der Waals surface area contributed by atoms with Crippen molar-refractivity contribution in [1.82, 2.24) is 24.4 Å². The molecule has 0 unspecified atom stereocenters. The van der Waals surface area contributed by atoms with Crippen molar-refractivity contribution in [1.29, 1.82) is 0 Å². The third-order valence-corrected chi connectivity index (χ3v) is 6.37. The summed E-state index contributed by atoms with van der Waals surface area (Å²) in [7, 11) is 2.14. The maximum Gasteiger partial charge on any atom is 0.293 e. The molecule has 30 heavy (non-hydrogen) atoms. The van der Waals surface area contributed by atoms with Gasteiger partial charge in [0.25, 0.3) is 5.56 Å². The first-order valence-corrected chi connectivity index (χ1v) is 10.7. The SMILES string of the molecule is C[C@@H]1COCCN1c1nc(-c2ccnc3[nH]ccc23)cn(C2CCN(C)CC2)c1=O. The summed E-state index contributed by atoms with van der Waals surface area (Å²) < 4.78 is 7.53. The molecule has 0 spiro atoms. The molecule has 2 fully saturated rings. The van der Waals surface area contributed by atoms with Crippen LogP contribution >= 0.6 is 0 Å². The van der Waals surface area contributed by atoms with E-state index < -0.39 is 0 Å². The molecular formula is C22H28N6O2. The van der Waals surface area contributed by atoms with Gasteiger partial charge in [-0.3, -0.25) is 4.79 Å². The lowest BCUT2D eigenvalue weighted by atomic mass is 10.0. The van der Waals surface area contributed by atoms with Gasteiger partial charge in [0.15, 0.2) is 5.82 Å². The van der Waals surface area contributed by atoms with Crippen molar-refractivity contribution in [2.75, 3.05) is 44.8 Å². The minimum Gasteiger partial charge on any atom is -0.377 e. The van der Waals surface area contributed by atoms with Gasteiger partial charge in [0.2, 0.25) is 0 Å². The molecule has 2 aliphatic rings. The second-order valence-electron chi connectivity index (χ2n) is 8.41. The van der Waals surface area contributed by atoms with Crippen LogP contribution < -0.4 is 10.5 Å². The van der Waals surface area contributed by atoms with Crippen LogP contribution in [0.25, 0.3) is 22.3 Å². The molecule has 0 aliphatic carbocycles. The lowest BCUT2D eigenvalue weighted by Gasteiger charge is -2.35. The summed E-state index contributed by atoms with van der Waals surface area (Å²) >= 11 is 0. The summed E-state index contributed by atoms with van der Waals surface area (Å²) in [5.74, 6) is 0.530. The highest BCUT2D eigenvalue weighted by Crippen LogP contribution is 2.29. The highest BCUT2D eigenvalue weighted by Gasteiger charge is 2.27. The fourth-order valence-electron chi connectivity index (χ4n) is 4.58. The zero-order valence-electron chi connectivity index (χ0n) is 17.5. The minimum atomic E-state index is 0.00132. The first kappa shape index (κ1) is 19.3. The van der Waals surface area contributed by atoms with E-state index in [0.717, 1.165) is 48.2 Å². The number of H-pyrrole nitrogens is 1. The maximum absolute atomic E-state index is 13.6. The standard InChI is InChI=1S/C22H28N6O2/c1-15-14-30-12-11-27(15)21-22(29)28(16-5-9-26(2)10-6-16)13-19(25-21)17-3-7-23-20-18(17)4-8-24-20/h3-4,7-8,13,15-16H,5-6,9-12,14H2,1-2H3,(H,23,24)/t15-/m1/s1. The fourth-order valence-corrected chi connectivity index (χ4v) is 4.58. The number of likely N-dealkylation sites (tertiary alicyclic amines) is 1. The molecule has 0 saturated carbocycles. The predicted octanol–water partition coefficient (Wildman–Crippen LogP) is 2.28. The Morgan fingerprint density at radius 2 is 2.03 bits per heavy atom. The van der Waals surface area contributed by atoms with E-state index in [2.05, 4.69) is 33.7 Å². The van der Waals surface area contributed by atoms with E-state index in [1.807, 2.05) is 29.1 Å². The zero-order valence-corrected chi connectivity index (χ0v) is 17.5. The molecule has 158 valence electrons. The first-order valence-electron chi connectivity index (χ1n) is 10.7. The lowest BCUT2D eigenvalue weighted by Crippen LogP contribution is -2.47. The second-order valence-corrected chi connectivity index (χ2v) is 8.41. The van der Waals surface area contributed by atoms with Crippen LogP contribution in [0.5, 0.6) is 0 Å². The van der Waals surface area contributed by atoms with Gasteiger partial charge < -0.3 is 24.1 Å². The molecule has 5 rings (SSSR count). The summed E-state index contributed by atoms with van der Waals surface area (Å²) in [5.41, 5.74) is 2.63. The number of morpholine rings is 1. The molecular weight excluding hydrogens is 380 g/mol. The maximum atomic E-state index is 13.6. The Kier molecular flexibility index (Phi) is 5.04. The monoisotopic (exact) mass is 408 g/mol. The largest absolute Gasteiger partial charge is 0.377 e. The molecule has 0 bridgehead atoms. The smallest absolute Gasteiger partial charge is 0.293 e.